The zero-order valence-electron chi connectivity index (χ0n) is 7.06. The third-order valence-corrected chi connectivity index (χ3v) is 2.49. The smallest absolute Gasteiger partial charge is 0.192 e. The van der Waals surface area contributed by atoms with Crippen molar-refractivity contribution in [2.45, 2.75) is 6.92 Å². The van der Waals surface area contributed by atoms with Gasteiger partial charge in [-0.2, -0.15) is 0 Å². The minimum absolute atomic E-state index is 0.122. The molecule has 0 aliphatic carbocycles. The quantitative estimate of drug-likeness (QED) is 0.615. The summed E-state index contributed by atoms with van der Waals surface area (Å²) in [4.78, 5) is 3.81. The molecule has 0 spiro atoms. The topological polar surface area (TPSA) is 46.5 Å². The summed E-state index contributed by atoms with van der Waals surface area (Å²) in [5, 5.41) is 0.153. The van der Waals surface area contributed by atoms with Crippen molar-refractivity contribution in [3.63, 3.8) is 0 Å². The van der Waals surface area contributed by atoms with Crippen LogP contribution in [0.3, 0.4) is 0 Å². The van der Waals surface area contributed by atoms with Gasteiger partial charge in [-0.3, -0.25) is 0 Å². The van der Waals surface area contributed by atoms with Crippen molar-refractivity contribution >= 4 is 16.1 Å². The van der Waals surface area contributed by atoms with E-state index in [-0.39, 0.29) is 10.9 Å². The molecule has 4 heteroatoms. The molecule has 0 aromatic rings. The number of aliphatic imine (C=N–C) groups is 1. The number of rotatable bonds is 1. The van der Waals surface area contributed by atoms with Crippen LogP contribution < -0.4 is 0 Å². The highest BCUT2D eigenvalue weighted by Gasteiger charge is 2.11. The minimum Gasteiger partial charge on any atom is -0.245 e. The molecule has 1 atom stereocenters. The number of nitrogens with zero attached hydrogens (tertiary/aromatic N) is 1. The first-order chi connectivity index (χ1) is 5.50. The van der Waals surface area contributed by atoms with Crippen LogP contribution in [0.15, 0.2) is 28.2 Å². The number of allylic oxidation sites excluding steroid dienone is 3. The zero-order valence-corrected chi connectivity index (χ0v) is 7.88. The summed E-state index contributed by atoms with van der Waals surface area (Å²) in [6, 6.07) is 0. The fraction of sp³-hybridized carbons (Fsp3) is 0.375. The summed E-state index contributed by atoms with van der Waals surface area (Å²) in [6.45, 7) is 1.91. The van der Waals surface area contributed by atoms with Gasteiger partial charge in [-0.05, 0) is 18.1 Å². The van der Waals surface area contributed by atoms with Gasteiger partial charge in [0.1, 0.15) is 0 Å². The Morgan fingerprint density at radius 2 is 2.17 bits per heavy atom. The normalized spacial score (nSPS) is 23.5. The molecule has 0 bridgehead atoms. The van der Waals surface area contributed by atoms with Crippen LogP contribution in [-0.4, -0.2) is 20.9 Å². The lowest BCUT2D eigenvalue weighted by Gasteiger charge is -1.99. The third-order valence-electron chi connectivity index (χ3n) is 1.49. The van der Waals surface area contributed by atoms with Crippen molar-refractivity contribution in [1.82, 2.24) is 0 Å². The molecule has 0 aromatic heterocycles. The second-order valence-electron chi connectivity index (χ2n) is 2.80. The molecule has 0 aromatic carbocycles. The molecule has 1 heterocycles. The Morgan fingerprint density at radius 1 is 1.50 bits per heavy atom. The molecule has 12 heavy (non-hydrogen) atoms. The van der Waals surface area contributed by atoms with Crippen LogP contribution in [0, 0.1) is 5.92 Å². The molecule has 1 unspecified atom stereocenters. The lowest BCUT2D eigenvalue weighted by atomic mass is 10.2. The van der Waals surface area contributed by atoms with E-state index in [2.05, 4.69) is 4.99 Å². The monoisotopic (exact) mass is 185 g/mol. The standard InChI is InChI=1S/C8H11NO2S/c1-7-4-3-5-9-8(6-7)12(2,10)11/h3-7H,1-2H3. The fourth-order valence-corrected chi connectivity index (χ4v) is 1.60. The zero-order chi connectivity index (χ0) is 9.19. The van der Waals surface area contributed by atoms with Crippen molar-refractivity contribution in [3.05, 3.63) is 23.3 Å². The Morgan fingerprint density at radius 3 is 2.75 bits per heavy atom. The molecular formula is C8H11NO2S. The van der Waals surface area contributed by atoms with Crippen molar-refractivity contribution in [2.75, 3.05) is 6.26 Å². The first kappa shape index (κ1) is 9.19. The maximum absolute atomic E-state index is 11.1. The summed E-state index contributed by atoms with van der Waals surface area (Å²) in [5.41, 5.74) is 0. The molecular weight excluding hydrogens is 174 g/mol. The minimum atomic E-state index is -3.16. The van der Waals surface area contributed by atoms with Gasteiger partial charge in [-0.1, -0.05) is 13.0 Å². The van der Waals surface area contributed by atoms with Gasteiger partial charge < -0.3 is 0 Å². The van der Waals surface area contributed by atoms with E-state index >= 15 is 0 Å². The lowest BCUT2D eigenvalue weighted by Crippen LogP contribution is -1.99. The van der Waals surface area contributed by atoms with E-state index in [1.165, 1.54) is 6.21 Å². The lowest BCUT2D eigenvalue weighted by molar-refractivity contribution is 0.606. The van der Waals surface area contributed by atoms with E-state index < -0.39 is 9.84 Å². The molecule has 0 N–H and O–H groups in total. The Hall–Kier alpha value is -0.900. The number of hydrogen-bond acceptors (Lipinski definition) is 3. The van der Waals surface area contributed by atoms with Crippen LogP contribution in [0.4, 0.5) is 0 Å². The molecule has 0 saturated carbocycles. The van der Waals surface area contributed by atoms with Crippen LogP contribution in [0.5, 0.6) is 0 Å². The van der Waals surface area contributed by atoms with E-state index in [4.69, 9.17) is 0 Å². The predicted octanol–water partition coefficient (Wildman–Crippen LogP) is 1.15. The average Bonchev–Trinajstić information content (AvgIpc) is 2.11. The summed E-state index contributed by atoms with van der Waals surface area (Å²) >= 11 is 0. The Balaban J connectivity index is 3.08. The van der Waals surface area contributed by atoms with Gasteiger partial charge in [0.05, 0.1) is 0 Å². The van der Waals surface area contributed by atoms with Crippen molar-refractivity contribution < 1.29 is 8.42 Å². The maximum Gasteiger partial charge on any atom is 0.192 e. The first-order valence-corrected chi connectivity index (χ1v) is 5.52. The fourth-order valence-electron chi connectivity index (χ4n) is 0.884. The van der Waals surface area contributed by atoms with E-state index in [9.17, 15) is 8.42 Å². The van der Waals surface area contributed by atoms with Gasteiger partial charge in [-0.15, -0.1) is 0 Å². The second kappa shape index (κ2) is 3.23. The number of hydrogen-bond donors (Lipinski definition) is 0. The van der Waals surface area contributed by atoms with E-state index in [1.54, 1.807) is 12.2 Å². The largest absolute Gasteiger partial charge is 0.245 e. The van der Waals surface area contributed by atoms with E-state index in [0.717, 1.165) is 6.26 Å². The van der Waals surface area contributed by atoms with E-state index in [1.807, 2.05) is 13.0 Å². The Labute approximate surface area is 72.4 Å². The van der Waals surface area contributed by atoms with E-state index in [0.29, 0.717) is 0 Å². The Bertz CT molecular complexity index is 349. The second-order valence-corrected chi connectivity index (χ2v) is 4.76. The van der Waals surface area contributed by atoms with Crippen molar-refractivity contribution in [1.29, 1.82) is 0 Å². The summed E-state index contributed by atoms with van der Waals surface area (Å²) in [5.74, 6) is 0.122. The summed E-state index contributed by atoms with van der Waals surface area (Å²) in [7, 11) is -3.16. The molecule has 0 fully saturated rings. The molecule has 66 valence electrons. The van der Waals surface area contributed by atoms with Gasteiger partial charge in [0.15, 0.2) is 14.9 Å². The summed E-state index contributed by atoms with van der Waals surface area (Å²) < 4.78 is 22.1. The van der Waals surface area contributed by atoms with Crippen LogP contribution in [0.1, 0.15) is 6.92 Å². The van der Waals surface area contributed by atoms with Crippen LogP contribution in [-0.2, 0) is 9.84 Å². The molecule has 3 nitrogen and oxygen atoms in total. The molecule has 0 radical (unpaired) electrons. The molecule has 1 rings (SSSR count). The highest BCUT2D eigenvalue weighted by atomic mass is 32.2. The first-order valence-electron chi connectivity index (χ1n) is 3.63. The SMILES string of the molecule is CC1C=CC=NC(S(C)(=O)=O)=C1. The maximum atomic E-state index is 11.1. The molecule has 1 aliphatic heterocycles. The van der Waals surface area contributed by atoms with Gasteiger partial charge in [0.2, 0.25) is 0 Å². The number of sulfone groups is 1. The highest BCUT2D eigenvalue weighted by Crippen LogP contribution is 2.13. The summed E-state index contributed by atoms with van der Waals surface area (Å²) in [6.07, 6.45) is 7.93. The van der Waals surface area contributed by atoms with Crippen LogP contribution in [0.25, 0.3) is 0 Å². The van der Waals surface area contributed by atoms with Crippen molar-refractivity contribution in [3.8, 4) is 0 Å². The van der Waals surface area contributed by atoms with Crippen LogP contribution >= 0.6 is 0 Å². The average molecular weight is 185 g/mol. The van der Waals surface area contributed by atoms with Crippen LogP contribution in [0.2, 0.25) is 0 Å². The predicted molar refractivity (Wildman–Crippen MR) is 49.7 cm³/mol. The highest BCUT2D eigenvalue weighted by molar-refractivity contribution is 7.94. The van der Waals surface area contributed by atoms with Gasteiger partial charge in [0, 0.05) is 12.5 Å². The van der Waals surface area contributed by atoms with Gasteiger partial charge >= 0.3 is 0 Å². The van der Waals surface area contributed by atoms with Gasteiger partial charge in [0.25, 0.3) is 0 Å². The molecule has 0 amide bonds. The molecule has 0 saturated heterocycles. The van der Waals surface area contributed by atoms with Gasteiger partial charge in [-0.25, -0.2) is 13.4 Å². The Kier molecular flexibility index (Phi) is 2.47. The van der Waals surface area contributed by atoms with Crippen molar-refractivity contribution in [2.24, 2.45) is 10.9 Å². The molecule has 1 aliphatic rings. The third kappa shape index (κ3) is 2.30.